The van der Waals surface area contributed by atoms with Crippen LogP contribution in [0.15, 0.2) is 170 Å². The van der Waals surface area contributed by atoms with E-state index in [0.717, 1.165) is 11.1 Å². The van der Waals surface area contributed by atoms with Gasteiger partial charge in [-0.05, 0) is 83.9 Å². The normalized spacial score (nSPS) is 10.7. The molecule has 0 bridgehead atoms. The molecule has 6 rings (SSSR count). The van der Waals surface area contributed by atoms with Crippen LogP contribution in [0.5, 0.6) is 34.5 Å². The van der Waals surface area contributed by atoms with Crippen LogP contribution in [0.1, 0.15) is 0 Å². The molecule has 0 aromatic heterocycles. The van der Waals surface area contributed by atoms with Crippen molar-refractivity contribution >= 4 is 17.2 Å². The summed E-state index contributed by atoms with van der Waals surface area (Å²) in [5, 5.41) is 0. The Morgan fingerprint density at radius 3 is 0.659 bits per heavy atom. The van der Waals surface area contributed by atoms with Crippen LogP contribution >= 0.6 is 17.2 Å². The van der Waals surface area contributed by atoms with Crippen molar-refractivity contribution in [2.45, 2.75) is 0 Å². The van der Waals surface area contributed by atoms with Gasteiger partial charge in [0.15, 0.2) is 0 Å². The number of hydrogen-bond acceptors (Lipinski definition) is 6. The lowest BCUT2D eigenvalue weighted by molar-refractivity contribution is 0.387. The summed E-state index contributed by atoms with van der Waals surface area (Å²) in [4.78, 5) is 0. The second-order valence-corrected chi connectivity index (χ2v) is 11.3. The number of hydrogen-bond donors (Lipinski definition) is 0. The van der Waals surface area contributed by atoms with Crippen molar-refractivity contribution in [2.75, 3.05) is 0 Å². The maximum Gasteiger partial charge on any atom is 0.530 e. The molecule has 6 aromatic rings. The van der Waals surface area contributed by atoms with E-state index in [1.165, 1.54) is 0 Å². The zero-order valence-corrected chi connectivity index (χ0v) is 25.3. The maximum atomic E-state index is 6.15. The molecule has 0 amide bonds. The van der Waals surface area contributed by atoms with Crippen molar-refractivity contribution in [1.29, 1.82) is 0 Å². The van der Waals surface area contributed by atoms with E-state index >= 15 is 0 Å². The molecule has 6 nitrogen and oxygen atoms in total. The van der Waals surface area contributed by atoms with Gasteiger partial charge in [-0.2, -0.15) is 0 Å². The lowest BCUT2D eigenvalue weighted by atomic mass is 10.1. The highest BCUT2D eigenvalue weighted by atomic mass is 31.2. The fourth-order valence-electron chi connectivity index (χ4n) is 3.97. The smallest absolute Gasteiger partial charge is 0.409 e. The highest BCUT2D eigenvalue weighted by Gasteiger charge is 2.21. The molecule has 0 unspecified atom stereocenters. The van der Waals surface area contributed by atoms with Gasteiger partial charge >= 0.3 is 17.2 Å². The molecule has 0 heterocycles. The van der Waals surface area contributed by atoms with Gasteiger partial charge in [0, 0.05) is 0 Å². The first-order chi connectivity index (χ1) is 21.8. The van der Waals surface area contributed by atoms with Gasteiger partial charge < -0.3 is 27.1 Å². The molecule has 44 heavy (non-hydrogen) atoms. The lowest BCUT2D eigenvalue weighted by Crippen LogP contribution is -2.02. The van der Waals surface area contributed by atoms with Crippen LogP contribution in [0.4, 0.5) is 0 Å². The summed E-state index contributed by atoms with van der Waals surface area (Å²) in [5.74, 6) is 3.93. The van der Waals surface area contributed by atoms with Gasteiger partial charge in [0.05, 0.1) is 0 Å². The molecule has 0 aliphatic rings. The van der Waals surface area contributed by atoms with E-state index in [4.69, 9.17) is 27.1 Å². The highest BCUT2D eigenvalue weighted by molar-refractivity contribution is 7.43. The Morgan fingerprint density at radius 1 is 0.227 bits per heavy atom. The number of rotatable bonds is 13. The Hall–Kier alpha value is -5.02. The van der Waals surface area contributed by atoms with E-state index in [2.05, 4.69) is 0 Å². The average molecular weight is 619 g/mol. The van der Waals surface area contributed by atoms with Gasteiger partial charge in [0.25, 0.3) is 0 Å². The van der Waals surface area contributed by atoms with E-state index in [-0.39, 0.29) is 0 Å². The minimum Gasteiger partial charge on any atom is -0.409 e. The SMILES string of the molecule is c1ccc(OP(Oc2ccccc2)Oc2ccc(-c3ccc(OP(Oc4ccccc4)Oc4ccccc4)cc3)cc2)cc1. The third kappa shape index (κ3) is 8.52. The Labute approximate surface area is 259 Å². The predicted octanol–water partition coefficient (Wildman–Crippen LogP) is 10.9. The van der Waals surface area contributed by atoms with E-state index in [0.29, 0.717) is 34.5 Å². The summed E-state index contributed by atoms with van der Waals surface area (Å²) in [5.41, 5.74) is 2.04. The number of benzene rings is 6. The molecule has 0 aliphatic carbocycles. The second-order valence-electron chi connectivity index (χ2n) is 9.30. The molecular weight excluding hydrogens is 590 g/mol. The first-order valence-corrected chi connectivity index (χ1v) is 16.0. The Morgan fingerprint density at radius 2 is 0.432 bits per heavy atom. The van der Waals surface area contributed by atoms with Crippen LogP contribution < -0.4 is 27.1 Å². The van der Waals surface area contributed by atoms with Crippen LogP contribution in [-0.2, 0) is 0 Å². The van der Waals surface area contributed by atoms with Crippen LogP contribution in [0.25, 0.3) is 11.1 Å². The van der Waals surface area contributed by atoms with Crippen LogP contribution in [0.3, 0.4) is 0 Å². The van der Waals surface area contributed by atoms with Gasteiger partial charge in [-0.3, -0.25) is 0 Å². The van der Waals surface area contributed by atoms with Crippen molar-refractivity contribution in [1.82, 2.24) is 0 Å². The topological polar surface area (TPSA) is 55.4 Å². The molecule has 0 saturated carbocycles. The monoisotopic (exact) mass is 618 g/mol. The van der Waals surface area contributed by atoms with Crippen LogP contribution in [-0.4, -0.2) is 0 Å². The Bertz CT molecular complexity index is 1480. The van der Waals surface area contributed by atoms with Gasteiger partial charge in [-0.25, -0.2) is 0 Å². The van der Waals surface area contributed by atoms with E-state index in [1.54, 1.807) is 0 Å². The summed E-state index contributed by atoms with van der Waals surface area (Å²) in [6.07, 6.45) is 0. The third-order valence-corrected chi connectivity index (χ3v) is 8.25. The van der Waals surface area contributed by atoms with Crippen molar-refractivity contribution in [2.24, 2.45) is 0 Å². The lowest BCUT2D eigenvalue weighted by Gasteiger charge is -2.18. The first-order valence-electron chi connectivity index (χ1n) is 13.9. The molecule has 0 fully saturated rings. The van der Waals surface area contributed by atoms with E-state index in [9.17, 15) is 0 Å². The summed E-state index contributed by atoms with van der Waals surface area (Å²) in [6.45, 7) is 0. The van der Waals surface area contributed by atoms with Crippen molar-refractivity contribution in [3.63, 3.8) is 0 Å². The molecule has 0 atom stereocenters. The molecule has 0 spiro atoms. The zero-order valence-electron chi connectivity index (χ0n) is 23.5. The quantitative estimate of drug-likeness (QED) is 0.120. The summed E-state index contributed by atoms with van der Waals surface area (Å²) >= 11 is 0. The van der Waals surface area contributed by atoms with Crippen molar-refractivity contribution in [3.05, 3.63) is 170 Å². The summed E-state index contributed by atoms with van der Waals surface area (Å²) < 4.78 is 36.5. The van der Waals surface area contributed by atoms with E-state index < -0.39 is 17.2 Å². The van der Waals surface area contributed by atoms with Gasteiger partial charge in [-0.1, -0.05) is 97.1 Å². The molecule has 0 aliphatic heterocycles. The highest BCUT2D eigenvalue weighted by Crippen LogP contribution is 2.44. The van der Waals surface area contributed by atoms with Crippen molar-refractivity contribution < 1.29 is 27.1 Å². The second kappa shape index (κ2) is 14.9. The minimum atomic E-state index is -1.74. The van der Waals surface area contributed by atoms with Crippen molar-refractivity contribution in [3.8, 4) is 45.6 Å². The Kier molecular flexibility index (Phi) is 9.86. The molecule has 0 N–H and O–H groups in total. The molecule has 0 radical (unpaired) electrons. The molecular formula is C36H28O6P2. The van der Waals surface area contributed by atoms with Gasteiger partial charge in [-0.15, -0.1) is 0 Å². The van der Waals surface area contributed by atoms with Gasteiger partial charge in [0.2, 0.25) is 0 Å². The van der Waals surface area contributed by atoms with E-state index in [1.807, 2.05) is 170 Å². The van der Waals surface area contributed by atoms with Gasteiger partial charge in [0.1, 0.15) is 34.5 Å². The minimum absolute atomic E-state index is 0.633. The molecule has 218 valence electrons. The average Bonchev–Trinajstić information content (AvgIpc) is 3.07. The number of para-hydroxylation sites is 4. The predicted molar refractivity (Wildman–Crippen MR) is 175 cm³/mol. The molecule has 8 heteroatoms. The fraction of sp³-hybridized carbons (Fsp3) is 0. The van der Waals surface area contributed by atoms with Crippen LogP contribution in [0, 0.1) is 0 Å². The fourth-order valence-corrected chi connectivity index (χ4v) is 5.96. The standard InChI is InChI=1S/C36H28O6P2/c1-5-13-31(14-6-1)37-43(38-32-15-7-2-8-16-32)41-35-25-21-29(22-26-35)30-23-27-36(28-24-30)42-44(39-33-17-9-3-10-18-33)40-34-19-11-4-12-20-34/h1-28H. The summed E-state index contributed by atoms with van der Waals surface area (Å²) in [6, 6.07) is 53.5. The third-order valence-electron chi connectivity index (χ3n) is 6.09. The van der Waals surface area contributed by atoms with Crippen LogP contribution in [0.2, 0.25) is 0 Å². The summed E-state index contributed by atoms with van der Waals surface area (Å²) in [7, 11) is -3.48. The first kappa shape index (κ1) is 29.1. The molecule has 6 aromatic carbocycles. The largest absolute Gasteiger partial charge is 0.530 e. The maximum absolute atomic E-state index is 6.15. The molecule has 0 saturated heterocycles. The zero-order chi connectivity index (χ0) is 29.8. The Balaban J connectivity index is 1.12.